The van der Waals surface area contributed by atoms with Crippen molar-refractivity contribution in [3.8, 4) is 0 Å². The van der Waals surface area contributed by atoms with Gasteiger partial charge in [-0.15, -0.1) is 0 Å². The number of aromatic nitrogens is 4. The van der Waals surface area contributed by atoms with Crippen molar-refractivity contribution in [2.45, 2.75) is 180 Å². The quantitative estimate of drug-likeness (QED) is 0.118. The summed E-state index contributed by atoms with van der Waals surface area (Å²) in [5.74, 6) is 0.00647. The van der Waals surface area contributed by atoms with Gasteiger partial charge in [-0.3, -0.25) is 9.59 Å². The Morgan fingerprint density at radius 3 is 1.33 bits per heavy atom. The Bertz CT molecular complexity index is 1380. The van der Waals surface area contributed by atoms with Crippen molar-refractivity contribution in [3.05, 3.63) is 24.5 Å². The first-order valence-electron chi connectivity index (χ1n) is 19.5. The van der Waals surface area contributed by atoms with Gasteiger partial charge in [-0.2, -0.15) is 10.2 Å². The minimum Gasteiger partial charge on any atom is -0.444 e. The fourth-order valence-corrected chi connectivity index (χ4v) is 5.82. The van der Waals surface area contributed by atoms with E-state index >= 15 is 0 Å². The number of hydrogen-bond acceptors (Lipinski definition) is 10. The number of amides is 4. The summed E-state index contributed by atoms with van der Waals surface area (Å²) in [6.07, 6.45) is 9.92. The Morgan fingerprint density at radius 2 is 1.06 bits per heavy atom. The summed E-state index contributed by atoms with van der Waals surface area (Å²) >= 11 is 0. The highest BCUT2D eigenvalue weighted by Crippen LogP contribution is 2.34. The second-order valence-corrected chi connectivity index (χ2v) is 16.1. The predicted octanol–water partition coefficient (Wildman–Crippen LogP) is 5.98. The normalized spacial score (nSPS) is 16.9. The molecule has 0 unspecified atom stereocenters. The zero-order valence-corrected chi connectivity index (χ0v) is 33.4. The Labute approximate surface area is 319 Å². The molecule has 4 atom stereocenters. The molecule has 304 valence electrons. The first-order chi connectivity index (χ1) is 25.4. The molecule has 16 nitrogen and oxygen atoms in total. The van der Waals surface area contributed by atoms with Crippen molar-refractivity contribution in [2.75, 3.05) is 10.6 Å². The van der Waals surface area contributed by atoms with Gasteiger partial charge in [-0.05, 0) is 92.9 Å². The van der Waals surface area contributed by atoms with Crippen LogP contribution in [0.3, 0.4) is 0 Å². The van der Waals surface area contributed by atoms with Crippen LogP contribution in [-0.2, 0) is 19.1 Å². The molecule has 2 aromatic heterocycles. The van der Waals surface area contributed by atoms with Crippen LogP contribution in [0.25, 0.3) is 0 Å². The zero-order valence-electron chi connectivity index (χ0n) is 33.4. The van der Waals surface area contributed by atoms with Gasteiger partial charge in [0.1, 0.15) is 22.8 Å². The molecule has 2 aromatic rings. The standard InChI is InChI=1S/2C19H32N4O4/c2*1-5-6-10-14(21-18(26)27-19(2,3)4)16(24)17(25)22-15-11-12-20-23(15)13-8-7-9-13/h2*11-14,16,24H,5-10H2,1-4H3,(H,21,26)(H,22,25)/t14-,16+;14-,16-/m00/s1. The van der Waals surface area contributed by atoms with Crippen molar-refractivity contribution < 1.29 is 38.9 Å². The van der Waals surface area contributed by atoms with Gasteiger partial charge >= 0.3 is 12.2 Å². The number of unbranched alkanes of at least 4 members (excludes halogenated alkanes) is 2. The second-order valence-electron chi connectivity index (χ2n) is 16.1. The van der Waals surface area contributed by atoms with Gasteiger partial charge in [0, 0.05) is 12.1 Å². The van der Waals surface area contributed by atoms with E-state index in [-0.39, 0.29) is 0 Å². The van der Waals surface area contributed by atoms with E-state index in [1.54, 1.807) is 75.4 Å². The molecule has 0 bridgehead atoms. The molecule has 2 fully saturated rings. The molecular formula is C38H64N8O8. The highest BCUT2D eigenvalue weighted by atomic mass is 16.6. The van der Waals surface area contributed by atoms with Gasteiger partial charge in [-0.1, -0.05) is 39.5 Å². The Morgan fingerprint density at radius 1 is 0.704 bits per heavy atom. The summed E-state index contributed by atoms with van der Waals surface area (Å²) in [5, 5.41) is 40.3. The van der Waals surface area contributed by atoms with Crippen molar-refractivity contribution in [2.24, 2.45) is 0 Å². The summed E-state index contributed by atoms with van der Waals surface area (Å²) in [7, 11) is 0. The number of carbonyl (C=O) groups is 4. The molecule has 2 aliphatic carbocycles. The molecule has 4 rings (SSSR count). The Hall–Kier alpha value is -4.18. The number of hydrogen-bond donors (Lipinski definition) is 6. The molecule has 2 heterocycles. The number of anilines is 2. The number of alkyl carbamates (subject to hydrolysis) is 2. The molecule has 54 heavy (non-hydrogen) atoms. The minimum atomic E-state index is -1.38. The van der Waals surface area contributed by atoms with E-state index in [2.05, 4.69) is 31.5 Å². The molecule has 2 aliphatic rings. The molecule has 16 heteroatoms. The predicted molar refractivity (Wildman–Crippen MR) is 205 cm³/mol. The van der Waals surface area contributed by atoms with Gasteiger partial charge in [0.25, 0.3) is 11.8 Å². The fourth-order valence-electron chi connectivity index (χ4n) is 5.82. The van der Waals surface area contributed by atoms with Gasteiger partial charge in [0.2, 0.25) is 0 Å². The van der Waals surface area contributed by atoms with E-state index in [0.29, 0.717) is 36.6 Å². The van der Waals surface area contributed by atoms with Crippen LogP contribution in [0.2, 0.25) is 0 Å². The summed E-state index contributed by atoms with van der Waals surface area (Å²) in [5.41, 5.74) is -1.30. The number of aliphatic hydroxyl groups excluding tert-OH is 2. The first kappa shape index (κ1) is 44.2. The smallest absolute Gasteiger partial charge is 0.407 e. The van der Waals surface area contributed by atoms with Crippen LogP contribution in [0, 0.1) is 0 Å². The summed E-state index contributed by atoms with van der Waals surface area (Å²) < 4.78 is 14.1. The summed E-state index contributed by atoms with van der Waals surface area (Å²) in [4.78, 5) is 49.3. The average Bonchev–Trinajstić information content (AvgIpc) is 3.66. The van der Waals surface area contributed by atoms with E-state index < -0.39 is 59.5 Å². The second kappa shape index (κ2) is 20.5. The summed E-state index contributed by atoms with van der Waals surface area (Å²) in [6, 6.07) is 2.57. The lowest BCUT2D eigenvalue weighted by molar-refractivity contribution is -0.126. The number of carbonyl (C=O) groups excluding carboxylic acids is 4. The molecule has 0 aliphatic heterocycles. The van der Waals surface area contributed by atoms with Gasteiger partial charge in [0.05, 0.1) is 36.6 Å². The topological polar surface area (TPSA) is 211 Å². The highest BCUT2D eigenvalue weighted by molar-refractivity contribution is 5.94. The number of aliphatic hydroxyl groups is 2. The maximum absolute atomic E-state index is 12.6. The molecule has 0 saturated heterocycles. The van der Waals surface area contributed by atoms with E-state index in [0.717, 1.165) is 64.2 Å². The monoisotopic (exact) mass is 760 g/mol. The van der Waals surface area contributed by atoms with Crippen LogP contribution in [0.1, 0.15) is 145 Å². The third kappa shape index (κ3) is 14.2. The van der Waals surface area contributed by atoms with Crippen LogP contribution in [0.4, 0.5) is 21.2 Å². The van der Waals surface area contributed by atoms with Crippen LogP contribution in [0.15, 0.2) is 24.5 Å². The third-order valence-electron chi connectivity index (χ3n) is 9.13. The number of ether oxygens (including phenoxy) is 2. The van der Waals surface area contributed by atoms with E-state index in [1.807, 2.05) is 13.8 Å². The van der Waals surface area contributed by atoms with Gasteiger partial charge < -0.3 is 41.0 Å². The van der Waals surface area contributed by atoms with Gasteiger partial charge in [-0.25, -0.2) is 19.0 Å². The number of nitrogens with zero attached hydrogens (tertiary/aromatic N) is 4. The zero-order chi connectivity index (χ0) is 40.1. The lowest BCUT2D eigenvalue weighted by Crippen LogP contribution is -2.50. The molecule has 0 radical (unpaired) electrons. The molecular weight excluding hydrogens is 696 g/mol. The van der Waals surface area contributed by atoms with E-state index in [9.17, 15) is 29.4 Å². The third-order valence-corrected chi connectivity index (χ3v) is 9.13. The lowest BCUT2D eigenvalue weighted by Gasteiger charge is -2.28. The first-order valence-corrected chi connectivity index (χ1v) is 19.5. The Kier molecular flexibility index (Phi) is 16.8. The van der Waals surface area contributed by atoms with E-state index in [4.69, 9.17) is 9.47 Å². The van der Waals surface area contributed by atoms with Crippen LogP contribution in [0.5, 0.6) is 0 Å². The number of nitrogens with one attached hydrogen (secondary N) is 4. The maximum atomic E-state index is 12.6. The maximum Gasteiger partial charge on any atom is 0.407 e. The summed E-state index contributed by atoms with van der Waals surface area (Å²) in [6.45, 7) is 14.6. The molecule has 2 saturated carbocycles. The van der Waals surface area contributed by atoms with Crippen molar-refractivity contribution in [1.82, 2.24) is 30.2 Å². The van der Waals surface area contributed by atoms with E-state index in [1.165, 1.54) is 0 Å². The average molecular weight is 761 g/mol. The van der Waals surface area contributed by atoms with Crippen molar-refractivity contribution >= 4 is 35.6 Å². The lowest BCUT2D eigenvalue weighted by atomic mass is 9.93. The largest absolute Gasteiger partial charge is 0.444 e. The van der Waals surface area contributed by atoms with Gasteiger partial charge in [0.15, 0.2) is 12.2 Å². The van der Waals surface area contributed by atoms with Crippen LogP contribution < -0.4 is 21.3 Å². The SMILES string of the molecule is CCCC[C@H](NC(=O)OC(C)(C)C)[C@@H](O)C(=O)Nc1ccnn1C1CCC1.CCCC[C@H](NC(=O)OC(C)(C)C)[C@H](O)C(=O)Nc1ccnn1C1CCC1. The molecule has 6 N–H and O–H groups in total. The Balaban J connectivity index is 0.000000290. The minimum absolute atomic E-state index is 0.295. The van der Waals surface area contributed by atoms with Crippen LogP contribution in [-0.4, -0.2) is 89.3 Å². The van der Waals surface area contributed by atoms with Crippen LogP contribution >= 0.6 is 0 Å². The fraction of sp³-hybridized carbons (Fsp3) is 0.737. The van der Waals surface area contributed by atoms with Crippen molar-refractivity contribution in [3.63, 3.8) is 0 Å². The number of rotatable bonds is 16. The molecule has 0 spiro atoms. The van der Waals surface area contributed by atoms with Crippen molar-refractivity contribution in [1.29, 1.82) is 0 Å². The molecule has 4 amide bonds. The highest BCUT2D eigenvalue weighted by Gasteiger charge is 2.32. The molecule has 0 aromatic carbocycles.